The molecule has 0 bridgehead atoms. The number of alkyl halides is 1. The highest BCUT2D eigenvalue weighted by Crippen LogP contribution is 2.06. The summed E-state index contributed by atoms with van der Waals surface area (Å²) in [5.41, 5.74) is 1.03. The molecular weight excluding hydrogens is 236 g/mol. The van der Waals surface area contributed by atoms with Crippen molar-refractivity contribution >= 4 is 17.6 Å². The van der Waals surface area contributed by atoms with Crippen molar-refractivity contribution in [1.29, 1.82) is 0 Å². The fourth-order valence-corrected chi connectivity index (χ4v) is 1.72. The number of benzene rings is 1. The lowest BCUT2D eigenvalue weighted by Crippen LogP contribution is -2.04. The van der Waals surface area contributed by atoms with E-state index in [2.05, 4.69) is 0 Å². The first-order valence-corrected chi connectivity index (χ1v) is 6.62. The predicted molar refractivity (Wildman–Crippen MR) is 70.0 cm³/mol. The van der Waals surface area contributed by atoms with E-state index in [1.54, 1.807) is 0 Å². The maximum atomic E-state index is 11.4. The number of carbonyl (C=O) groups is 1. The fourth-order valence-electron chi connectivity index (χ4n) is 1.53. The average Bonchev–Trinajstić information content (AvgIpc) is 2.37. The first-order valence-electron chi connectivity index (χ1n) is 6.08. The normalized spacial score (nSPS) is 10.2. The van der Waals surface area contributed by atoms with Crippen molar-refractivity contribution in [2.75, 3.05) is 5.88 Å². The molecule has 0 amide bonds. The molecule has 0 aliphatic carbocycles. The van der Waals surface area contributed by atoms with Gasteiger partial charge in [-0.25, -0.2) is 0 Å². The summed E-state index contributed by atoms with van der Waals surface area (Å²) in [7, 11) is 0. The highest BCUT2D eigenvalue weighted by Gasteiger charge is 2.02. The molecule has 0 aliphatic rings. The summed E-state index contributed by atoms with van der Waals surface area (Å²) < 4.78 is 5.17. The Morgan fingerprint density at radius 3 is 2.47 bits per heavy atom. The number of hydrogen-bond donors (Lipinski definition) is 0. The molecule has 0 atom stereocenters. The van der Waals surface area contributed by atoms with Crippen LogP contribution in [-0.2, 0) is 16.1 Å². The van der Waals surface area contributed by atoms with Gasteiger partial charge in [-0.1, -0.05) is 43.2 Å². The molecule has 0 saturated heterocycles. The first kappa shape index (κ1) is 14.0. The van der Waals surface area contributed by atoms with E-state index in [1.807, 2.05) is 30.3 Å². The van der Waals surface area contributed by atoms with Crippen LogP contribution in [0.1, 0.15) is 37.7 Å². The van der Waals surface area contributed by atoms with Crippen molar-refractivity contribution in [1.82, 2.24) is 0 Å². The maximum absolute atomic E-state index is 11.4. The first-order chi connectivity index (χ1) is 8.33. The van der Waals surface area contributed by atoms with Gasteiger partial charge in [0.05, 0.1) is 0 Å². The monoisotopic (exact) mass is 254 g/mol. The van der Waals surface area contributed by atoms with Gasteiger partial charge in [0.15, 0.2) is 0 Å². The van der Waals surface area contributed by atoms with Crippen LogP contribution in [0.15, 0.2) is 30.3 Å². The molecule has 0 spiro atoms. The Balaban J connectivity index is 2.05. The zero-order valence-corrected chi connectivity index (χ0v) is 10.8. The van der Waals surface area contributed by atoms with E-state index in [0.29, 0.717) is 18.9 Å². The van der Waals surface area contributed by atoms with Gasteiger partial charge in [0.1, 0.15) is 6.61 Å². The average molecular weight is 255 g/mol. The molecule has 1 rings (SSSR count). The van der Waals surface area contributed by atoms with E-state index >= 15 is 0 Å². The number of halogens is 1. The van der Waals surface area contributed by atoms with E-state index in [9.17, 15) is 4.79 Å². The van der Waals surface area contributed by atoms with E-state index in [1.165, 1.54) is 0 Å². The van der Waals surface area contributed by atoms with Crippen LogP contribution in [0.5, 0.6) is 0 Å². The molecule has 0 unspecified atom stereocenters. The summed E-state index contributed by atoms with van der Waals surface area (Å²) in [6, 6.07) is 9.73. The Kier molecular flexibility index (Phi) is 7.48. The van der Waals surface area contributed by atoms with Gasteiger partial charge in [-0.2, -0.15) is 0 Å². The second-order valence-electron chi connectivity index (χ2n) is 4.00. The lowest BCUT2D eigenvalue weighted by Gasteiger charge is -2.04. The molecule has 1 aromatic carbocycles. The predicted octanol–water partition coefficient (Wildman–Crippen LogP) is 3.92. The SMILES string of the molecule is O=C(CCCCCCCl)OCc1ccccc1. The summed E-state index contributed by atoms with van der Waals surface area (Å²) in [6.45, 7) is 0.376. The van der Waals surface area contributed by atoms with Crippen molar-refractivity contribution in [3.05, 3.63) is 35.9 Å². The summed E-state index contributed by atoms with van der Waals surface area (Å²) in [5, 5.41) is 0. The van der Waals surface area contributed by atoms with Gasteiger partial charge in [-0.15, -0.1) is 11.6 Å². The van der Waals surface area contributed by atoms with E-state index in [4.69, 9.17) is 16.3 Å². The second-order valence-corrected chi connectivity index (χ2v) is 4.38. The Morgan fingerprint density at radius 2 is 1.76 bits per heavy atom. The number of carbonyl (C=O) groups excluding carboxylic acids is 1. The Morgan fingerprint density at radius 1 is 1.06 bits per heavy atom. The van der Waals surface area contributed by atoms with Crippen molar-refractivity contribution in [3.63, 3.8) is 0 Å². The zero-order valence-electron chi connectivity index (χ0n) is 10.0. The van der Waals surface area contributed by atoms with E-state index < -0.39 is 0 Å². The third-order valence-electron chi connectivity index (χ3n) is 2.51. The van der Waals surface area contributed by atoms with Gasteiger partial charge in [-0.05, 0) is 18.4 Å². The molecule has 0 aromatic heterocycles. The van der Waals surface area contributed by atoms with Gasteiger partial charge in [-0.3, -0.25) is 4.79 Å². The van der Waals surface area contributed by atoms with Crippen molar-refractivity contribution < 1.29 is 9.53 Å². The molecule has 94 valence electrons. The Bertz CT molecular complexity index is 311. The molecule has 0 N–H and O–H groups in total. The lowest BCUT2D eigenvalue weighted by atomic mass is 10.1. The number of hydrogen-bond acceptors (Lipinski definition) is 2. The molecular formula is C14H19ClO2. The highest BCUT2D eigenvalue weighted by molar-refractivity contribution is 6.17. The molecule has 0 fully saturated rings. The van der Waals surface area contributed by atoms with E-state index in [0.717, 1.165) is 31.2 Å². The van der Waals surface area contributed by atoms with Gasteiger partial charge in [0.2, 0.25) is 0 Å². The fraction of sp³-hybridized carbons (Fsp3) is 0.500. The van der Waals surface area contributed by atoms with Crippen LogP contribution in [0.4, 0.5) is 0 Å². The van der Waals surface area contributed by atoms with Gasteiger partial charge in [0, 0.05) is 12.3 Å². The number of ether oxygens (including phenoxy) is 1. The van der Waals surface area contributed by atoms with Crippen LogP contribution in [-0.4, -0.2) is 11.8 Å². The van der Waals surface area contributed by atoms with Crippen LogP contribution < -0.4 is 0 Å². The minimum atomic E-state index is -0.111. The lowest BCUT2D eigenvalue weighted by molar-refractivity contribution is -0.145. The molecule has 0 aliphatic heterocycles. The standard InChI is InChI=1S/C14H19ClO2/c15-11-7-2-1-6-10-14(16)17-12-13-8-4-3-5-9-13/h3-5,8-9H,1-2,6-7,10-12H2. The van der Waals surface area contributed by atoms with Gasteiger partial charge >= 0.3 is 5.97 Å². The number of esters is 1. The molecule has 3 heteroatoms. The van der Waals surface area contributed by atoms with Crippen LogP contribution in [0, 0.1) is 0 Å². The van der Waals surface area contributed by atoms with Gasteiger partial charge in [0.25, 0.3) is 0 Å². The largest absolute Gasteiger partial charge is 0.461 e. The summed E-state index contributed by atoms with van der Waals surface area (Å²) >= 11 is 5.57. The van der Waals surface area contributed by atoms with Crippen molar-refractivity contribution in [2.45, 2.75) is 38.7 Å². The van der Waals surface area contributed by atoms with Crippen LogP contribution in [0.2, 0.25) is 0 Å². The maximum Gasteiger partial charge on any atom is 0.306 e. The van der Waals surface area contributed by atoms with Crippen LogP contribution in [0.3, 0.4) is 0 Å². The smallest absolute Gasteiger partial charge is 0.306 e. The van der Waals surface area contributed by atoms with Crippen LogP contribution in [0.25, 0.3) is 0 Å². The highest BCUT2D eigenvalue weighted by atomic mass is 35.5. The topological polar surface area (TPSA) is 26.3 Å². The quantitative estimate of drug-likeness (QED) is 0.399. The van der Waals surface area contributed by atoms with Gasteiger partial charge < -0.3 is 4.74 Å². The van der Waals surface area contributed by atoms with Crippen LogP contribution >= 0.6 is 11.6 Å². The number of rotatable bonds is 8. The Labute approximate surface area is 108 Å². The molecule has 1 aromatic rings. The molecule has 0 heterocycles. The second kappa shape index (κ2) is 9.06. The third-order valence-corrected chi connectivity index (χ3v) is 2.77. The summed E-state index contributed by atoms with van der Waals surface area (Å²) in [6.07, 6.45) is 4.57. The van der Waals surface area contributed by atoms with E-state index in [-0.39, 0.29) is 5.97 Å². The zero-order chi connectivity index (χ0) is 12.3. The minimum Gasteiger partial charge on any atom is -0.461 e. The van der Waals surface area contributed by atoms with Crippen molar-refractivity contribution in [2.24, 2.45) is 0 Å². The Hall–Kier alpha value is -1.02. The summed E-state index contributed by atoms with van der Waals surface area (Å²) in [5.74, 6) is 0.595. The number of unbranched alkanes of at least 4 members (excludes halogenated alkanes) is 3. The molecule has 2 nitrogen and oxygen atoms in total. The third kappa shape index (κ3) is 7.01. The molecule has 17 heavy (non-hydrogen) atoms. The minimum absolute atomic E-state index is 0.111. The van der Waals surface area contributed by atoms with Crippen molar-refractivity contribution in [3.8, 4) is 0 Å². The summed E-state index contributed by atoms with van der Waals surface area (Å²) in [4.78, 5) is 11.4. The molecule has 0 saturated carbocycles. The molecule has 0 radical (unpaired) electrons.